The van der Waals surface area contributed by atoms with E-state index < -0.39 is 16.9 Å². The van der Waals surface area contributed by atoms with Gasteiger partial charge in [0.25, 0.3) is 0 Å². The molecule has 2 aromatic carbocycles. The predicted molar refractivity (Wildman–Crippen MR) is 90.4 cm³/mol. The summed E-state index contributed by atoms with van der Waals surface area (Å²) in [6, 6.07) is 11.8. The molecule has 1 aromatic heterocycles. The lowest BCUT2D eigenvalue weighted by atomic mass is 10.1. The van der Waals surface area contributed by atoms with Crippen molar-refractivity contribution in [2.45, 2.75) is 6.42 Å². The molecule has 0 fully saturated rings. The Kier molecular flexibility index (Phi) is 4.39. The number of nitrogens with two attached hydrogens (primary N) is 1. The first-order chi connectivity index (χ1) is 11.6. The molecule has 124 valence electrons. The zero-order valence-corrected chi connectivity index (χ0v) is 12.9. The number of aromatic hydroxyl groups is 2. The van der Waals surface area contributed by atoms with Gasteiger partial charge in [0.1, 0.15) is 16.7 Å². The molecule has 0 spiro atoms. The van der Waals surface area contributed by atoms with E-state index in [4.69, 9.17) is 14.9 Å². The normalized spacial score (nSPS) is 10.9. The number of hydrogen-bond donors (Lipinski definition) is 3. The van der Waals surface area contributed by atoms with Gasteiger partial charge in [0.2, 0.25) is 5.75 Å². The van der Waals surface area contributed by atoms with Crippen molar-refractivity contribution < 1.29 is 19.4 Å². The topological polar surface area (TPSA) is 106 Å². The Bertz CT molecular complexity index is 918. The van der Waals surface area contributed by atoms with Crippen molar-refractivity contribution >= 4 is 11.0 Å². The first-order valence-electron chi connectivity index (χ1n) is 7.53. The highest BCUT2D eigenvalue weighted by Gasteiger charge is 2.18. The Balaban J connectivity index is 2.15. The fourth-order valence-corrected chi connectivity index (χ4v) is 2.39. The minimum atomic E-state index is -0.552. The maximum absolute atomic E-state index is 12.3. The van der Waals surface area contributed by atoms with Crippen molar-refractivity contribution in [1.29, 1.82) is 0 Å². The molecule has 3 aromatic rings. The van der Waals surface area contributed by atoms with Crippen LogP contribution >= 0.6 is 0 Å². The van der Waals surface area contributed by atoms with Gasteiger partial charge in [-0.3, -0.25) is 4.79 Å². The average molecular weight is 327 g/mol. The number of ether oxygens (including phenoxy) is 1. The first kappa shape index (κ1) is 15.9. The first-order valence-corrected chi connectivity index (χ1v) is 7.53. The van der Waals surface area contributed by atoms with Crippen molar-refractivity contribution in [2.24, 2.45) is 5.73 Å². The Morgan fingerprint density at radius 2 is 1.83 bits per heavy atom. The lowest BCUT2D eigenvalue weighted by molar-refractivity contribution is 0.290. The molecule has 4 N–H and O–H groups in total. The van der Waals surface area contributed by atoms with Crippen LogP contribution in [-0.2, 0) is 0 Å². The van der Waals surface area contributed by atoms with Crippen LogP contribution in [0.3, 0.4) is 0 Å². The second-order valence-electron chi connectivity index (χ2n) is 5.28. The fourth-order valence-electron chi connectivity index (χ4n) is 2.39. The molecule has 0 aliphatic carbocycles. The van der Waals surface area contributed by atoms with Gasteiger partial charge < -0.3 is 25.1 Å². The molecule has 3 rings (SSSR count). The van der Waals surface area contributed by atoms with Gasteiger partial charge in [-0.05, 0) is 13.0 Å². The molecule has 0 atom stereocenters. The van der Waals surface area contributed by atoms with Gasteiger partial charge >= 0.3 is 0 Å². The molecule has 0 aliphatic rings. The summed E-state index contributed by atoms with van der Waals surface area (Å²) in [7, 11) is 0. The minimum Gasteiger partial charge on any atom is -0.504 e. The highest BCUT2D eigenvalue weighted by atomic mass is 16.5. The third kappa shape index (κ3) is 2.91. The van der Waals surface area contributed by atoms with Gasteiger partial charge in [-0.2, -0.15) is 0 Å². The Morgan fingerprint density at radius 1 is 1.08 bits per heavy atom. The molecule has 6 nitrogen and oxygen atoms in total. The van der Waals surface area contributed by atoms with Crippen LogP contribution in [0.4, 0.5) is 0 Å². The quantitative estimate of drug-likeness (QED) is 0.491. The second kappa shape index (κ2) is 6.64. The van der Waals surface area contributed by atoms with E-state index >= 15 is 0 Å². The van der Waals surface area contributed by atoms with E-state index in [9.17, 15) is 15.0 Å². The molecule has 0 radical (unpaired) electrons. The SMILES string of the molecule is NCCCOc1cc2oc(-c3ccccc3)cc(=O)c2c(O)c1O. The lowest BCUT2D eigenvalue weighted by Gasteiger charge is -2.11. The summed E-state index contributed by atoms with van der Waals surface area (Å²) in [5.41, 5.74) is 5.83. The summed E-state index contributed by atoms with van der Waals surface area (Å²) in [5, 5.41) is 20.1. The fraction of sp³-hybridized carbons (Fsp3) is 0.167. The number of rotatable bonds is 5. The Morgan fingerprint density at radius 3 is 2.54 bits per heavy atom. The smallest absolute Gasteiger partial charge is 0.201 e. The summed E-state index contributed by atoms with van der Waals surface area (Å²) < 4.78 is 11.1. The molecule has 0 aliphatic heterocycles. The van der Waals surface area contributed by atoms with Crippen LogP contribution < -0.4 is 15.9 Å². The summed E-state index contributed by atoms with van der Waals surface area (Å²) in [4.78, 5) is 12.3. The molecular formula is C18H17NO5. The maximum Gasteiger partial charge on any atom is 0.201 e. The third-order valence-electron chi connectivity index (χ3n) is 3.60. The molecule has 0 saturated heterocycles. The van der Waals surface area contributed by atoms with E-state index in [1.165, 1.54) is 12.1 Å². The summed E-state index contributed by atoms with van der Waals surface area (Å²) in [5.74, 6) is -0.629. The van der Waals surface area contributed by atoms with Crippen molar-refractivity contribution in [3.63, 3.8) is 0 Å². The molecule has 24 heavy (non-hydrogen) atoms. The van der Waals surface area contributed by atoms with Crippen molar-refractivity contribution in [2.75, 3.05) is 13.2 Å². The number of hydrogen-bond acceptors (Lipinski definition) is 6. The highest BCUT2D eigenvalue weighted by molar-refractivity contribution is 5.89. The third-order valence-corrected chi connectivity index (χ3v) is 3.60. The van der Waals surface area contributed by atoms with E-state index in [1.807, 2.05) is 30.3 Å². The molecule has 0 bridgehead atoms. The zero-order valence-electron chi connectivity index (χ0n) is 12.9. The van der Waals surface area contributed by atoms with Gasteiger partial charge in [0.05, 0.1) is 6.61 Å². The Hall–Kier alpha value is -2.99. The maximum atomic E-state index is 12.3. The molecule has 0 unspecified atom stereocenters. The van der Waals surface area contributed by atoms with Crippen LogP contribution in [0, 0.1) is 0 Å². The van der Waals surface area contributed by atoms with Gasteiger partial charge in [0, 0.05) is 17.7 Å². The lowest BCUT2D eigenvalue weighted by Crippen LogP contribution is -2.07. The predicted octanol–water partition coefficient (Wildman–Crippen LogP) is 2.60. The van der Waals surface area contributed by atoms with Crippen LogP contribution in [-0.4, -0.2) is 23.4 Å². The van der Waals surface area contributed by atoms with Gasteiger partial charge in [-0.1, -0.05) is 30.3 Å². The summed E-state index contributed by atoms with van der Waals surface area (Å²) in [6.07, 6.45) is 0.590. The minimum absolute atomic E-state index is 0.0433. The van der Waals surface area contributed by atoms with Crippen LogP contribution in [0.15, 0.2) is 51.7 Å². The van der Waals surface area contributed by atoms with Crippen LogP contribution in [0.5, 0.6) is 17.2 Å². The monoisotopic (exact) mass is 327 g/mol. The molecular weight excluding hydrogens is 310 g/mol. The largest absolute Gasteiger partial charge is 0.504 e. The van der Waals surface area contributed by atoms with Gasteiger partial charge in [-0.25, -0.2) is 0 Å². The van der Waals surface area contributed by atoms with E-state index in [1.54, 1.807) is 0 Å². The van der Waals surface area contributed by atoms with E-state index in [-0.39, 0.29) is 23.3 Å². The van der Waals surface area contributed by atoms with E-state index in [2.05, 4.69) is 0 Å². The molecule has 0 amide bonds. The second-order valence-corrected chi connectivity index (χ2v) is 5.28. The van der Waals surface area contributed by atoms with Crippen molar-refractivity contribution in [3.8, 4) is 28.6 Å². The number of phenols is 2. The Labute approximate surface area is 137 Å². The number of benzene rings is 2. The molecule has 0 saturated carbocycles. The van der Waals surface area contributed by atoms with Crippen molar-refractivity contribution in [1.82, 2.24) is 0 Å². The van der Waals surface area contributed by atoms with E-state index in [0.29, 0.717) is 18.7 Å². The van der Waals surface area contributed by atoms with E-state index in [0.717, 1.165) is 5.56 Å². The van der Waals surface area contributed by atoms with Crippen LogP contribution in [0.25, 0.3) is 22.3 Å². The molecule has 6 heteroatoms. The summed E-state index contributed by atoms with van der Waals surface area (Å²) in [6.45, 7) is 0.713. The van der Waals surface area contributed by atoms with Crippen molar-refractivity contribution in [3.05, 3.63) is 52.7 Å². The highest BCUT2D eigenvalue weighted by Crippen LogP contribution is 2.41. The number of phenolic OH excluding ortho intramolecular Hbond substituents is 2. The standard InChI is InChI=1S/C18H17NO5/c19-7-4-8-23-15-10-14-16(18(22)17(15)21)12(20)9-13(24-14)11-5-2-1-3-6-11/h1-3,5-6,9-10,21-22H,4,7-8,19H2. The van der Waals surface area contributed by atoms with Gasteiger partial charge in [0.15, 0.2) is 16.9 Å². The zero-order chi connectivity index (χ0) is 17.1. The summed E-state index contributed by atoms with van der Waals surface area (Å²) >= 11 is 0. The van der Waals surface area contributed by atoms with Crippen LogP contribution in [0.2, 0.25) is 0 Å². The molecule has 1 heterocycles. The number of fused-ring (bicyclic) bond motifs is 1. The van der Waals surface area contributed by atoms with Gasteiger partial charge in [-0.15, -0.1) is 0 Å². The van der Waals surface area contributed by atoms with Crippen LogP contribution in [0.1, 0.15) is 6.42 Å². The average Bonchev–Trinajstić information content (AvgIpc) is 2.59.